The van der Waals surface area contributed by atoms with E-state index in [1.807, 2.05) is 14.1 Å². The number of likely N-dealkylation sites (N-methyl/N-ethyl adjacent to an activating group) is 1. The zero-order valence-electron chi connectivity index (χ0n) is 11.9. The maximum atomic E-state index is 11.7. The van der Waals surface area contributed by atoms with E-state index in [9.17, 15) is 4.79 Å². The van der Waals surface area contributed by atoms with Crippen molar-refractivity contribution in [3.8, 4) is 0 Å². The molecule has 0 aromatic heterocycles. The fourth-order valence-electron chi connectivity index (χ4n) is 2.30. The van der Waals surface area contributed by atoms with Gasteiger partial charge in [0.05, 0.1) is 6.54 Å². The van der Waals surface area contributed by atoms with Gasteiger partial charge in [0, 0.05) is 46.3 Å². The Balaban J connectivity index is 2.40. The lowest BCUT2D eigenvalue weighted by atomic mass is 10.1. The Kier molecular flexibility index (Phi) is 5.40. The van der Waals surface area contributed by atoms with E-state index >= 15 is 0 Å². The van der Waals surface area contributed by atoms with Gasteiger partial charge in [-0.2, -0.15) is 0 Å². The Morgan fingerprint density at radius 1 is 1.35 bits per heavy atom. The lowest BCUT2D eigenvalue weighted by molar-refractivity contribution is -0.131. The molecule has 0 N–H and O–H groups in total. The summed E-state index contributed by atoms with van der Waals surface area (Å²) < 4.78 is 0. The molecule has 4 heteroatoms. The van der Waals surface area contributed by atoms with E-state index in [-0.39, 0.29) is 5.91 Å². The monoisotopic (exact) mass is 241 g/mol. The minimum atomic E-state index is 0.203. The highest BCUT2D eigenvalue weighted by Crippen LogP contribution is 2.11. The fourth-order valence-corrected chi connectivity index (χ4v) is 2.30. The van der Waals surface area contributed by atoms with Crippen LogP contribution in [0.4, 0.5) is 0 Å². The third kappa shape index (κ3) is 4.64. The average Bonchev–Trinajstić information content (AvgIpc) is 2.20. The van der Waals surface area contributed by atoms with Gasteiger partial charge in [-0.05, 0) is 12.8 Å². The summed E-state index contributed by atoms with van der Waals surface area (Å²) in [5, 5.41) is 0. The van der Waals surface area contributed by atoms with Crippen LogP contribution in [0.2, 0.25) is 0 Å². The highest BCUT2D eigenvalue weighted by Gasteiger charge is 2.25. The van der Waals surface area contributed by atoms with Gasteiger partial charge in [-0.25, -0.2) is 0 Å². The van der Waals surface area contributed by atoms with Crippen molar-refractivity contribution in [3.05, 3.63) is 0 Å². The van der Waals surface area contributed by atoms with Crippen LogP contribution in [0.5, 0.6) is 0 Å². The molecule has 0 bridgehead atoms. The average molecular weight is 241 g/mol. The largest absolute Gasteiger partial charge is 0.348 e. The number of carbonyl (C=O) groups excluding carboxylic acids is 1. The van der Waals surface area contributed by atoms with E-state index in [1.54, 1.807) is 4.90 Å². The molecule has 0 aliphatic carbocycles. The van der Waals surface area contributed by atoms with Crippen molar-refractivity contribution in [2.24, 2.45) is 5.92 Å². The van der Waals surface area contributed by atoms with E-state index in [1.165, 1.54) is 6.54 Å². The topological polar surface area (TPSA) is 26.8 Å². The van der Waals surface area contributed by atoms with Crippen LogP contribution in [-0.4, -0.2) is 73.5 Å². The summed E-state index contributed by atoms with van der Waals surface area (Å²) in [4.78, 5) is 18.2. The molecule has 1 atom stereocenters. The summed E-state index contributed by atoms with van der Waals surface area (Å²) in [7, 11) is 3.64. The third-order valence-corrected chi connectivity index (χ3v) is 3.31. The molecule has 1 aliphatic heterocycles. The molecule has 0 saturated carbocycles. The lowest BCUT2D eigenvalue weighted by Crippen LogP contribution is -2.54. The molecule has 4 nitrogen and oxygen atoms in total. The first-order chi connectivity index (χ1) is 7.90. The van der Waals surface area contributed by atoms with Crippen LogP contribution in [0.3, 0.4) is 0 Å². The Morgan fingerprint density at radius 2 is 2.00 bits per heavy atom. The van der Waals surface area contributed by atoms with Gasteiger partial charge >= 0.3 is 0 Å². The molecule has 0 unspecified atom stereocenters. The van der Waals surface area contributed by atoms with Gasteiger partial charge in [-0.1, -0.05) is 13.8 Å². The van der Waals surface area contributed by atoms with Gasteiger partial charge in [0.2, 0.25) is 5.91 Å². The van der Waals surface area contributed by atoms with Gasteiger partial charge in [0.15, 0.2) is 0 Å². The Morgan fingerprint density at radius 3 is 2.47 bits per heavy atom. The standard InChI is InChI=1S/C13H27N3O/c1-11(2)8-15-6-7-16(12(3)9-15)10-13(17)14(4)5/h11-12H,6-10H2,1-5H3/t12-/m1/s1. The molecule has 17 heavy (non-hydrogen) atoms. The lowest BCUT2D eigenvalue weighted by Gasteiger charge is -2.40. The molecule has 1 aliphatic rings. The molecule has 1 fully saturated rings. The summed E-state index contributed by atoms with van der Waals surface area (Å²) in [6.07, 6.45) is 0. The second kappa shape index (κ2) is 6.36. The van der Waals surface area contributed by atoms with E-state index in [0.717, 1.165) is 25.6 Å². The minimum absolute atomic E-state index is 0.203. The first-order valence-corrected chi connectivity index (χ1v) is 6.56. The molecule has 0 spiro atoms. The molecule has 0 radical (unpaired) electrons. The molecule has 1 saturated heterocycles. The van der Waals surface area contributed by atoms with Crippen LogP contribution in [-0.2, 0) is 4.79 Å². The molecule has 1 heterocycles. The van der Waals surface area contributed by atoms with Crippen molar-refractivity contribution in [2.75, 3.05) is 46.8 Å². The summed E-state index contributed by atoms with van der Waals surface area (Å²) in [5.41, 5.74) is 0. The smallest absolute Gasteiger partial charge is 0.236 e. The molecule has 0 aromatic carbocycles. The van der Waals surface area contributed by atoms with E-state index in [4.69, 9.17) is 0 Å². The number of rotatable bonds is 4. The maximum Gasteiger partial charge on any atom is 0.236 e. The quantitative estimate of drug-likeness (QED) is 0.726. The number of carbonyl (C=O) groups is 1. The van der Waals surface area contributed by atoms with E-state index in [2.05, 4.69) is 30.6 Å². The first-order valence-electron chi connectivity index (χ1n) is 6.56. The fraction of sp³-hybridized carbons (Fsp3) is 0.923. The van der Waals surface area contributed by atoms with Crippen molar-refractivity contribution in [3.63, 3.8) is 0 Å². The summed E-state index contributed by atoms with van der Waals surface area (Å²) in [6, 6.07) is 0.478. The van der Waals surface area contributed by atoms with Crippen molar-refractivity contribution >= 4 is 5.91 Å². The van der Waals surface area contributed by atoms with E-state index < -0.39 is 0 Å². The van der Waals surface area contributed by atoms with Crippen LogP contribution in [0.15, 0.2) is 0 Å². The Bertz CT molecular complexity index is 253. The van der Waals surface area contributed by atoms with Gasteiger partial charge < -0.3 is 9.80 Å². The zero-order valence-corrected chi connectivity index (χ0v) is 11.9. The summed E-state index contributed by atoms with van der Waals surface area (Å²) >= 11 is 0. The zero-order chi connectivity index (χ0) is 13.0. The second-order valence-corrected chi connectivity index (χ2v) is 5.76. The Labute approximate surface area is 106 Å². The summed E-state index contributed by atoms with van der Waals surface area (Å²) in [5.74, 6) is 0.923. The van der Waals surface area contributed by atoms with Crippen LogP contribution >= 0.6 is 0 Å². The molecule has 100 valence electrons. The predicted molar refractivity (Wildman–Crippen MR) is 71.0 cm³/mol. The normalized spacial score (nSPS) is 23.1. The van der Waals surface area contributed by atoms with Crippen LogP contribution < -0.4 is 0 Å². The predicted octanol–water partition coefficient (Wildman–Crippen LogP) is 0.737. The van der Waals surface area contributed by atoms with Gasteiger partial charge in [0.25, 0.3) is 0 Å². The maximum absolute atomic E-state index is 11.7. The second-order valence-electron chi connectivity index (χ2n) is 5.76. The van der Waals surface area contributed by atoms with Crippen molar-refractivity contribution in [1.29, 1.82) is 0 Å². The first kappa shape index (κ1) is 14.5. The van der Waals surface area contributed by atoms with Crippen LogP contribution in [0, 0.1) is 5.92 Å². The Hall–Kier alpha value is -0.610. The van der Waals surface area contributed by atoms with Gasteiger partial charge in [0.1, 0.15) is 0 Å². The molecular weight excluding hydrogens is 214 g/mol. The van der Waals surface area contributed by atoms with E-state index in [0.29, 0.717) is 12.6 Å². The molecular formula is C13H27N3O. The highest BCUT2D eigenvalue weighted by atomic mass is 16.2. The molecule has 1 rings (SSSR count). The highest BCUT2D eigenvalue weighted by molar-refractivity contribution is 5.77. The van der Waals surface area contributed by atoms with Gasteiger partial charge in [-0.3, -0.25) is 9.69 Å². The van der Waals surface area contributed by atoms with Crippen LogP contribution in [0.1, 0.15) is 20.8 Å². The minimum Gasteiger partial charge on any atom is -0.348 e. The van der Waals surface area contributed by atoms with Gasteiger partial charge in [-0.15, -0.1) is 0 Å². The van der Waals surface area contributed by atoms with Crippen LogP contribution in [0.25, 0.3) is 0 Å². The van der Waals surface area contributed by atoms with Crippen molar-refractivity contribution < 1.29 is 4.79 Å². The molecule has 0 aromatic rings. The summed E-state index contributed by atoms with van der Waals surface area (Å²) in [6.45, 7) is 11.6. The van der Waals surface area contributed by atoms with Crippen molar-refractivity contribution in [1.82, 2.24) is 14.7 Å². The number of piperazine rings is 1. The molecule has 1 amide bonds. The number of hydrogen-bond donors (Lipinski definition) is 0. The number of nitrogens with zero attached hydrogens (tertiary/aromatic N) is 3. The third-order valence-electron chi connectivity index (χ3n) is 3.31. The number of amides is 1. The van der Waals surface area contributed by atoms with Crippen molar-refractivity contribution in [2.45, 2.75) is 26.8 Å². The SMILES string of the molecule is CC(C)CN1CCN(CC(=O)N(C)C)[C@H](C)C1. The number of hydrogen-bond acceptors (Lipinski definition) is 3.